The molecule has 1 spiro atoms. The van der Waals surface area contributed by atoms with Crippen LogP contribution in [0.5, 0.6) is 0 Å². The highest BCUT2D eigenvalue weighted by Gasteiger charge is 2.36. The average molecular weight is 273 g/mol. The van der Waals surface area contributed by atoms with Crippen molar-refractivity contribution in [2.45, 2.75) is 44.9 Å². The molecule has 1 aromatic rings. The van der Waals surface area contributed by atoms with Crippen molar-refractivity contribution in [3.63, 3.8) is 0 Å². The number of anilines is 1. The molecule has 1 aliphatic carbocycles. The molecule has 0 aromatic carbocycles. The zero-order valence-electron chi connectivity index (χ0n) is 12.0. The van der Waals surface area contributed by atoms with E-state index in [0.717, 1.165) is 25.9 Å². The molecule has 1 amide bonds. The van der Waals surface area contributed by atoms with Gasteiger partial charge >= 0.3 is 0 Å². The van der Waals surface area contributed by atoms with Gasteiger partial charge in [-0.15, -0.1) is 0 Å². The van der Waals surface area contributed by atoms with Gasteiger partial charge in [0.05, 0.1) is 17.4 Å². The van der Waals surface area contributed by atoms with Crippen molar-refractivity contribution in [2.75, 3.05) is 18.8 Å². The Morgan fingerprint density at radius 3 is 2.50 bits per heavy atom. The minimum absolute atomic E-state index is 0.0653. The van der Waals surface area contributed by atoms with Crippen LogP contribution in [0.15, 0.2) is 18.5 Å². The van der Waals surface area contributed by atoms with Gasteiger partial charge in [-0.2, -0.15) is 0 Å². The quantitative estimate of drug-likeness (QED) is 0.856. The monoisotopic (exact) mass is 273 g/mol. The van der Waals surface area contributed by atoms with Gasteiger partial charge < -0.3 is 10.6 Å². The molecule has 0 atom stereocenters. The molecule has 1 saturated heterocycles. The number of likely N-dealkylation sites (tertiary alicyclic amines) is 1. The van der Waals surface area contributed by atoms with Gasteiger partial charge in [-0.3, -0.25) is 9.78 Å². The van der Waals surface area contributed by atoms with Crippen LogP contribution in [-0.2, 0) is 0 Å². The minimum atomic E-state index is 0.0653. The predicted octanol–water partition coefficient (Wildman–Crippen LogP) is 2.85. The molecule has 20 heavy (non-hydrogen) atoms. The highest BCUT2D eigenvalue weighted by Crippen LogP contribution is 2.44. The van der Waals surface area contributed by atoms with Crippen LogP contribution in [0, 0.1) is 5.41 Å². The third kappa shape index (κ3) is 2.51. The molecule has 2 fully saturated rings. The Labute approximate surface area is 120 Å². The number of nitrogens with zero attached hydrogens (tertiary/aromatic N) is 2. The van der Waals surface area contributed by atoms with Crippen LogP contribution in [0.3, 0.4) is 0 Å². The van der Waals surface area contributed by atoms with E-state index in [2.05, 4.69) is 4.98 Å². The number of aromatic nitrogens is 1. The molecule has 2 aliphatic rings. The minimum Gasteiger partial charge on any atom is -0.397 e. The lowest BCUT2D eigenvalue weighted by Crippen LogP contribution is -2.44. The summed E-state index contributed by atoms with van der Waals surface area (Å²) < 4.78 is 0. The lowest BCUT2D eigenvalue weighted by Gasteiger charge is -2.44. The summed E-state index contributed by atoms with van der Waals surface area (Å²) >= 11 is 0. The third-order valence-corrected chi connectivity index (χ3v) is 5.11. The number of nitrogens with two attached hydrogens (primary N) is 1. The number of nitrogen functional groups attached to an aromatic ring is 1. The fourth-order valence-corrected chi connectivity index (χ4v) is 3.76. The van der Waals surface area contributed by atoms with E-state index in [0.29, 0.717) is 16.7 Å². The molecule has 4 heteroatoms. The average Bonchev–Trinajstić information content (AvgIpc) is 2.49. The Morgan fingerprint density at radius 2 is 1.85 bits per heavy atom. The maximum Gasteiger partial charge on any atom is 0.256 e. The van der Waals surface area contributed by atoms with Gasteiger partial charge in [0.25, 0.3) is 5.91 Å². The molecule has 0 bridgehead atoms. The van der Waals surface area contributed by atoms with Crippen molar-refractivity contribution in [3.8, 4) is 0 Å². The first-order chi connectivity index (χ1) is 9.70. The number of hydrogen-bond acceptors (Lipinski definition) is 3. The fourth-order valence-electron chi connectivity index (χ4n) is 3.76. The van der Waals surface area contributed by atoms with E-state index in [-0.39, 0.29) is 5.91 Å². The molecule has 1 aliphatic heterocycles. The number of rotatable bonds is 1. The zero-order chi connectivity index (χ0) is 14.0. The summed E-state index contributed by atoms with van der Waals surface area (Å²) in [6, 6.07) is 1.72. The van der Waals surface area contributed by atoms with Crippen LogP contribution < -0.4 is 5.73 Å². The van der Waals surface area contributed by atoms with Gasteiger partial charge in [0.15, 0.2) is 0 Å². The molecule has 2 N–H and O–H groups in total. The van der Waals surface area contributed by atoms with Crippen molar-refractivity contribution in [1.82, 2.24) is 9.88 Å². The molecule has 2 heterocycles. The maximum absolute atomic E-state index is 12.5. The van der Waals surface area contributed by atoms with Crippen LogP contribution >= 0.6 is 0 Å². The maximum atomic E-state index is 12.5. The van der Waals surface area contributed by atoms with Gasteiger partial charge in [0.2, 0.25) is 0 Å². The van der Waals surface area contributed by atoms with Crippen molar-refractivity contribution < 1.29 is 4.79 Å². The second-order valence-corrected chi connectivity index (χ2v) is 6.32. The highest BCUT2D eigenvalue weighted by atomic mass is 16.2. The second-order valence-electron chi connectivity index (χ2n) is 6.32. The number of pyridine rings is 1. The first-order valence-electron chi connectivity index (χ1n) is 7.69. The van der Waals surface area contributed by atoms with Crippen molar-refractivity contribution in [1.29, 1.82) is 0 Å². The van der Waals surface area contributed by atoms with Crippen molar-refractivity contribution >= 4 is 11.6 Å². The first-order valence-corrected chi connectivity index (χ1v) is 7.69. The van der Waals surface area contributed by atoms with Gasteiger partial charge in [-0.05, 0) is 37.2 Å². The van der Waals surface area contributed by atoms with E-state index >= 15 is 0 Å². The number of hydrogen-bond donors (Lipinski definition) is 1. The summed E-state index contributed by atoms with van der Waals surface area (Å²) in [5, 5.41) is 0. The Kier molecular flexibility index (Phi) is 3.64. The van der Waals surface area contributed by atoms with E-state index in [9.17, 15) is 4.79 Å². The summed E-state index contributed by atoms with van der Waals surface area (Å²) in [7, 11) is 0. The normalized spacial score (nSPS) is 21.9. The fraction of sp³-hybridized carbons (Fsp3) is 0.625. The van der Waals surface area contributed by atoms with E-state index in [1.807, 2.05) is 4.90 Å². The zero-order valence-corrected chi connectivity index (χ0v) is 12.0. The molecular formula is C16H23N3O. The smallest absolute Gasteiger partial charge is 0.256 e. The standard InChI is InChI=1S/C16H23N3O/c17-14-12-18-9-4-13(14)15(20)19-10-7-16(8-11-19)5-2-1-3-6-16/h4,9,12H,1-3,5-8,10-11,17H2. The number of piperidine rings is 1. The largest absolute Gasteiger partial charge is 0.397 e. The SMILES string of the molecule is Nc1cnccc1C(=O)N1CCC2(CCCCC2)CC1. The Hall–Kier alpha value is -1.58. The van der Waals surface area contributed by atoms with Gasteiger partial charge in [-0.25, -0.2) is 0 Å². The lowest BCUT2D eigenvalue weighted by molar-refractivity contribution is 0.0473. The predicted molar refractivity (Wildman–Crippen MR) is 79.3 cm³/mol. The lowest BCUT2D eigenvalue weighted by atomic mass is 9.68. The van der Waals surface area contributed by atoms with Crippen LogP contribution in [0.1, 0.15) is 55.3 Å². The molecule has 1 saturated carbocycles. The van der Waals surface area contributed by atoms with Gasteiger partial charge in [-0.1, -0.05) is 19.3 Å². The van der Waals surface area contributed by atoms with Crippen LogP contribution in [0.4, 0.5) is 5.69 Å². The second kappa shape index (κ2) is 5.43. The number of carbonyl (C=O) groups is 1. The van der Waals surface area contributed by atoms with E-state index < -0.39 is 0 Å². The van der Waals surface area contributed by atoms with E-state index in [1.165, 1.54) is 32.1 Å². The molecule has 3 rings (SSSR count). The Morgan fingerprint density at radius 1 is 1.15 bits per heavy atom. The summed E-state index contributed by atoms with van der Waals surface area (Å²) in [4.78, 5) is 18.4. The van der Waals surface area contributed by atoms with Gasteiger partial charge in [0, 0.05) is 19.3 Å². The van der Waals surface area contributed by atoms with E-state index in [1.54, 1.807) is 18.5 Å². The molecule has 0 unspecified atom stereocenters. The first kappa shape index (κ1) is 13.4. The summed E-state index contributed by atoms with van der Waals surface area (Å²) in [6.45, 7) is 1.75. The van der Waals surface area contributed by atoms with Crippen LogP contribution in [0.2, 0.25) is 0 Å². The molecule has 0 radical (unpaired) electrons. The molecular weight excluding hydrogens is 250 g/mol. The topological polar surface area (TPSA) is 59.2 Å². The Bertz CT molecular complexity index is 484. The van der Waals surface area contributed by atoms with E-state index in [4.69, 9.17) is 5.73 Å². The third-order valence-electron chi connectivity index (χ3n) is 5.11. The summed E-state index contributed by atoms with van der Waals surface area (Å²) in [6.07, 6.45) is 12.3. The molecule has 108 valence electrons. The van der Waals surface area contributed by atoms with Crippen molar-refractivity contribution in [2.24, 2.45) is 5.41 Å². The Balaban J connectivity index is 1.66. The van der Waals surface area contributed by atoms with Crippen LogP contribution in [-0.4, -0.2) is 28.9 Å². The summed E-state index contributed by atoms with van der Waals surface area (Å²) in [5.41, 5.74) is 7.46. The van der Waals surface area contributed by atoms with Crippen LogP contribution in [0.25, 0.3) is 0 Å². The van der Waals surface area contributed by atoms with Gasteiger partial charge in [0.1, 0.15) is 0 Å². The number of amides is 1. The molecule has 1 aromatic heterocycles. The highest BCUT2D eigenvalue weighted by molar-refractivity contribution is 5.98. The molecule has 4 nitrogen and oxygen atoms in total. The number of carbonyl (C=O) groups excluding carboxylic acids is 1. The van der Waals surface area contributed by atoms with Crippen molar-refractivity contribution in [3.05, 3.63) is 24.0 Å². The summed E-state index contributed by atoms with van der Waals surface area (Å²) in [5.74, 6) is 0.0653.